The Morgan fingerprint density at radius 1 is 1.06 bits per heavy atom. The number of H-pyrrole nitrogens is 1. The van der Waals surface area contributed by atoms with Gasteiger partial charge in [-0.05, 0) is 48.9 Å². The molecule has 5 rings (SSSR count). The van der Waals surface area contributed by atoms with E-state index in [4.69, 9.17) is 9.54 Å². The molecule has 0 aliphatic heterocycles. The summed E-state index contributed by atoms with van der Waals surface area (Å²) in [5.41, 5.74) is 6.83. The third-order valence-electron chi connectivity index (χ3n) is 5.26. The average Bonchev–Trinajstić information content (AvgIpc) is 3.48. The fourth-order valence-corrected chi connectivity index (χ4v) is 3.90. The molecular weight excluding hydrogens is 452 g/mol. The van der Waals surface area contributed by atoms with Crippen molar-refractivity contribution in [2.45, 2.75) is 20.0 Å². The van der Waals surface area contributed by atoms with Crippen molar-refractivity contribution in [3.05, 3.63) is 84.2 Å². The molecule has 4 aromatic heterocycles. The molecule has 4 N–H and O–H groups in total. The van der Waals surface area contributed by atoms with Crippen molar-refractivity contribution in [1.82, 2.24) is 34.3 Å². The van der Waals surface area contributed by atoms with E-state index < -0.39 is 11.3 Å². The zero-order valence-electron chi connectivity index (χ0n) is 18.3. The van der Waals surface area contributed by atoms with Gasteiger partial charge in [-0.2, -0.15) is 5.10 Å². The molecule has 0 spiro atoms. The second kappa shape index (κ2) is 9.51. The molecular formula is C23H22N8O2S. The Morgan fingerprint density at radius 3 is 2.71 bits per heavy atom. The standard InChI is InChI=1S/C23H22N8O2S/c1-15-3-2-4-19(28-15)23-22(17-7-10-21-25-14-26-31(21)13-17)29-20(30-23)12-24-18-8-5-16(6-9-18)11-27-34(32)33/h2-10,13-14,24,27H,11-12H2,1H3,(H,29,30)(H,32,33). The first-order valence-corrected chi connectivity index (χ1v) is 11.7. The Morgan fingerprint density at radius 2 is 1.91 bits per heavy atom. The highest BCUT2D eigenvalue weighted by atomic mass is 32.2. The molecule has 1 aromatic carbocycles. The molecule has 0 saturated heterocycles. The molecule has 0 amide bonds. The van der Waals surface area contributed by atoms with Gasteiger partial charge < -0.3 is 10.3 Å². The molecule has 0 radical (unpaired) electrons. The van der Waals surface area contributed by atoms with Gasteiger partial charge in [0.2, 0.25) is 11.3 Å². The number of imidazole rings is 1. The van der Waals surface area contributed by atoms with Crippen LogP contribution in [0.15, 0.2) is 67.1 Å². The van der Waals surface area contributed by atoms with Crippen LogP contribution in [0.3, 0.4) is 0 Å². The van der Waals surface area contributed by atoms with Crippen molar-refractivity contribution in [1.29, 1.82) is 0 Å². The minimum Gasteiger partial charge on any atom is -0.378 e. The van der Waals surface area contributed by atoms with Crippen LogP contribution in [-0.2, 0) is 24.4 Å². The SMILES string of the molecule is Cc1cccc(-c2[nH]c(CNc3ccc(CNS(=O)O)cc3)nc2-c2ccc3ncnn3c2)n1. The highest BCUT2D eigenvalue weighted by molar-refractivity contribution is 7.77. The summed E-state index contributed by atoms with van der Waals surface area (Å²) in [6.45, 7) is 2.75. The van der Waals surface area contributed by atoms with Gasteiger partial charge in [0.25, 0.3) is 0 Å². The Hall–Kier alpha value is -3.93. The van der Waals surface area contributed by atoms with Crippen LogP contribution in [0, 0.1) is 6.92 Å². The molecule has 0 bridgehead atoms. The van der Waals surface area contributed by atoms with Gasteiger partial charge in [0, 0.05) is 29.7 Å². The van der Waals surface area contributed by atoms with Gasteiger partial charge in [-0.1, -0.05) is 18.2 Å². The summed E-state index contributed by atoms with van der Waals surface area (Å²) in [7, 11) is 0. The number of rotatable bonds is 8. The lowest BCUT2D eigenvalue weighted by atomic mass is 10.1. The van der Waals surface area contributed by atoms with Crippen LogP contribution in [0.25, 0.3) is 28.3 Å². The third-order valence-corrected chi connectivity index (χ3v) is 5.65. The summed E-state index contributed by atoms with van der Waals surface area (Å²) in [5.74, 6) is 0.758. The number of aromatic nitrogens is 6. The van der Waals surface area contributed by atoms with Gasteiger partial charge in [-0.25, -0.2) is 23.4 Å². The molecule has 11 heteroatoms. The molecule has 5 aromatic rings. The van der Waals surface area contributed by atoms with E-state index in [-0.39, 0.29) is 0 Å². The fraction of sp³-hybridized carbons (Fsp3) is 0.130. The van der Waals surface area contributed by atoms with Crippen molar-refractivity contribution in [3.63, 3.8) is 0 Å². The van der Waals surface area contributed by atoms with Crippen molar-refractivity contribution in [2.75, 3.05) is 5.32 Å². The number of anilines is 1. The molecule has 4 heterocycles. The van der Waals surface area contributed by atoms with Gasteiger partial charge in [0.05, 0.1) is 23.6 Å². The Labute approximate surface area is 197 Å². The van der Waals surface area contributed by atoms with E-state index in [2.05, 4.69) is 30.1 Å². The lowest BCUT2D eigenvalue weighted by molar-refractivity contribution is 0.548. The van der Waals surface area contributed by atoms with Crippen molar-refractivity contribution in [3.8, 4) is 22.6 Å². The topological polar surface area (TPSA) is 133 Å². The lowest BCUT2D eigenvalue weighted by Gasteiger charge is -2.06. The quantitative estimate of drug-likeness (QED) is 0.254. The third kappa shape index (κ3) is 4.86. The maximum absolute atomic E-state index is 10.8. The Kier molecular flexibility index (Phi) is 6.12. The molecule has 0 aliphatic rings. The monoisotopic (exact) mass is 474 g/mol. The van der Waals surface area contributed by atoms with Gasteiger partial charge in [-0.15, -0.1) is 0 Å². The molecule has 0 aliphatic carbocycles. The maximum atomic E-state index is 10.8. The van der Waals surface area contributed by atoms with Crippen LogP contribution >= 0.6 is 0 Å². The highest BCUT2D eigenvalue weighted by Crippen LogP contribution is 2.29. The first-order valence-electron chi connectivity index (χ1n) is 10.5. The van der Waals surface area contributed by atoms with Crippen LogP contribution in [0.5, 0.6) is 0 Å². The number of benzene rings is 1. The summed E-state index contributed by atoms with van der Waals surface area (Å²) >= 11 is -2.03. The van der Waals surface area contributed by atoms with Crippen LogP contribution < -0.4 is 10.0 Å². The van der Waals surface area contributed by atoms with E-state index in [0.717, 1.165) is 51.1 Å². The normalized spacial score (nSPS) is 12.2. The first-order chi connectivity index (χ1) is 16.5. The lowest BCUT2D eigenvalue weighted by Crippen LogP contribution is -2.15. The van der Waals surface area contributed by atoms with Gasteiger partial charge in [-0.3, -0.25) is 9.54 Å². The van der Waals surface area contributed by atoms with Crippen LogP contribution in [0.1, 0.15) is 17.1 Å². The van der Waals surface area contributed by atoms with Crippen LogP contribution in [-0.4, -0.2) is 38.3 Å². The number of hydrogen-bond donors (Lipinski definition) is 4. The summed E-state index contributed by atoms with van der Waals surface area (Å²) in [4.78, 5) is 17.2. The summed E-state index contributed by atoms with van der Waals surface area (Å²) in [5, 5.41) is 7.60. The zero-order chi connectivity index (χ0) is 23.5. The van der Waals surface area contributed by atoms with Crippen molar-refractivity contribution >= 4 is 22.6 Å². The summed E-state index contributed by atoms with van der Waals surface area (Å²) in [6.07, 6.45) is 3.42. The van der Waals surface area contributed by atoms with E-state index in [1.807, 2.05) is 67.7 Å². The molecule has 0 fully saturated rings. The number of pyridine rings is 2. The van der Waals surface area contributed by atoms with Crippen LogP contribution in [0.2, 0.25) is 0 Å². The van der Waals surface area contributed by atoms with E-state index >= 15 is 0 Å². The largest absolute Gasteiger partial charge is 0.378 e. The minimum absolute atomic E-state index is 0.313. The number of nitrogens with one attached hydrogen (secondary N) is 3. The number of hydrogen-bond acceptors (Lipinski definition) is 6. The molecule has 1 atom stereocenters. The van der Waals surface area contributed by atoms with E-state index in [0.29, 0.717) is 13.1 Å². The van der Waals surface area contributed by atoms with Crippen molar-refractivity contribution < 1.29 is 8.76 Å². The summed E-state index contributed by atoms with van der Waals surface area (Å²) < 4.78 is 23.8. The molecule has 172 valence electrons. The van der Waals surface area contributed by atoms with Crippen molar-refractivity contribution in [2.24, 2.45) is 0 Å². The van der Waals surface area contributed by atoms with E-state index in [1.54, 1.807) is 4.52 Å². The highest BCUT2D eigenvalue weighted by Gasteiger charge is 2.16. The van der Waals surface area contributed by atoms with Gasteiger partial charge >= 0.3 is 0 Å². The smallest absolute Gasteiger partial charge is 0.232 e. The number of aryl methyl sites for hydroxylation is 1. The average molecular weight is 475 g/mol. The van der Waals surface area contributed by atoms with Gasteiger partial charge in [0.1, 0.15) is 12.2 Å². The predicted octanol–water partition coefficient (Wildman–Crippen LogP) is 3.33. The Bertz CT molecular complexity index is 1460. The summed E-state index contributed by atoms with van der Waals surface area (Å²) in [6, 6.07) is 17.4. The second-order valence-corrected chi connectivity index (χ2v) is 8.46. The van der Waals surface area contributed by atoms with Crippen LogP contribution in [0.4, 0.5) is 5.69 Å². The molecule has 0 saturated carbocycles. The van der Waals surface area contributed by atoms with E-state index in [1.165, 1.54) is 6.33 Å². The minimum atomic E-state index is -2.03. The van der Waals surface area contributed by atoms with E-state index in [9.17, 15) is 4.21 Å². The molecule has 1 unspecified atom stereocenters. The molecule has 34 heavy (non-hydrogen) atoms. The zero-order valence-corrected chi connectivity index (χ0v) is 19.1. The Balaban J connectivity index is 1.41. The predicted molar refractivity (Wildman–Crippen MR) is 130 cm³/mol. The number of fused-ring (bicyclic) bond motifs is 1. The first kappa shape index (κ1) is 21.9. The second-order valence-electron chi connectivity index (χ2n) is 7.67. The molecule has 10 nitrogen and oxygen atoms in total. The van der Waals surface area contributed by atoms with Gasteiger partial charge in [0.15, 0.2) is 5.65 Å². The number of aromatic amines is 1. The fourth-order valence-electron chi connectivity index (χ4n) is 3.61. The maximum Gasteiger partial charge on any atom is 0.232 e. The number of nitrogens with zero attached hydrogens (tertiary/aromatic N) is 5.